The number of hydrogen-bond donors (Lipinski definition) is 1. The summed E-state index contributed by atoms with van der Waals surface area (Å²) >= 11 is 0. The molecule has 0 amide bonds. The number of ether oxygens (including phenoxy) is 1. The Morgan fingerprint density at radius 2 is 1.91 bits per heavy atom. The molecule has 2 aromatic heterocycles. The molecule has 2 fully saturated rings. The van der Waals surface area contributed by atoms with Crippen molar-refractivity contribution in [3.63, 3.8) is 0 Å². The lowest BCUT2D eigenvalue weighted by molar-refractivity contribution is 0.181. The van der Waals surface area contributed by atoms with Crippen molar-refractivity contribution in [2.45, 2.75) is 37.6 Å². The average Bonchev–Trinajstić information content (AvgIpc) is 3.43. The Morgan fingerprint density at radius 3 is 2.66 bits per heavy atom. The highest BCUT2D eigenvalue weighted by molar-refractivity contribution is 5.86. The van der Waals surface area contributed by atoms with Crippen LogP contribution in [0, 0.1) is 17.5 Å². The minimum absolute atomic E-state index is 0.0151. The molecule has 4 nitrogen and oxygen atoms in total. The largest absolute Gasteiger partial charge is 0.493 e. The predicted molar refractivity (Wildman–Crippen MR) is 114 cm³/mol. The van der Waals surface area contributed by atoms with Gasteiger partial charge >= 0.3 is 0 Å². The molecule has 2 atom stereocenters. The van der Waals surface area contributed by atoms with Gasteiger partial charge in [-0.1, -0.05) is 0 Å². The van der Waals surface area contributed by atoms with E-state index in [1.165, 1.54) is 26.0 Å². The van der Waals surface area contributed by atoms with E-state index in [2.05, 4.69) is 14.9 Å². The van der Waals surface area contributed by atoms with Crippen molar-refractivity contribution in [3.8, 4) is 0 Å². The molecule has 1 N–H and O–H groups in total. The van der Waals surface area contributed by atoms with Crippen LogP contribution in [-0.2, 0) is 4.74 Å². The molecule has 4 heterocycles. The van der Waals surface area contributed by atoms with Crippen LogP contribution in [-0.4, -0.2) is 41.1 Å². The highest BCUT2D eigenvalue weighted by Crippen LogP contribution is 2.39. The zero-order chi connectivity index (χ0) is 22.4. The summed E-state index contributed by atoms with van der Waals surface area (Å²) in [7, 11) is 1.18. The van der Waals surface area contributed by atoms with Gasteiger partial charge in [0.05, 0.1) is 18.1 Å². The molecule has 32 heavy (non-hydrogen) atoms. The molecule has 2 aliphatic rings. The Labute approximate surface area is 182 Å². The predicted octanol–water partition coefficient (Wildman–Crippen LogP) is 5.76. The second-order valence-corrected chi connectivity index (χ2v) is 8.49. The number of pyridine rings is 1. The first-order valence-corrected chi connectivity index (χ1v) is 10.8. The van der Waals surface area contributed by atoms with Gasteiger partial charge in [0.2, 0.25) is 0 Å². The van der Waals surface area contributed by atoms with Crippen molar-refractivity contribution in [2.24, 2.45) is 0 Å². The first-order valence-electron chi connectivity index (χ1n) is 10.8. The maximum absolute atomic E-state index is 15.4. The topological polar surface area (TPSA) is 41.1 Å². The molecule has 0 spiro atoms. The second kappa shape index (κ2) is 8.24. The van der Waals surface area contributed by atoms with Crippen LogP contribution in [0.4, 0.5) is 17.6 Å². The number of aromatic amines is 1. The van der Waals surface area contributed by atoms with Crippen molar-refractivity contribution < 1.29 is 22.3 Å². The molecular formula is C24H23F4N3O. The molecule has 2 saturated heterocycles. The van der Waals surface area contributed by atoms with E-state index in [-0.39, 0.29) is 11.3 Å². The van der Waals surface area contributed by atoms with Crippen LogP contribution >= 0.6 is 0 Å². The fraction of sp³-hybridized carbons (Fsp3) is 0.375. The number of H-pyrrole nitrogens is 1. The van der Waals surface area contributed by atoms with Gasteiger partial charge < -0.3 is 14.6 Å². The maximum Gasteiger partial charge on any atom is 0.194 e. The number of hydrogen-bond acceptors (Lipinski definition) is 3. The zero-order valence-electron chi connectivity index (χ0n) is 17.6. The van der Waals surface area contributed by atoms with E-state index in [1.54, 1.807) is 6.07 Å². The standard InChI is InChI=1S/C24H23F4N3O/c1-32-24(14-10-17(25)21(27)18(26)11-14)22(28)19-4-5-20-23(30-19)16(12-29-20)13-6-8-31-7-2-3-15(31)9-13/h4-5,10-13,15,29H,2-3,6-9H2,1H3. The fourth-order valence-corrected chi connectivity index (χ4v) is 5.10. The van der Waals surface area contributed by atoms with Gasteiger partial charge in [0.15, 0.2) is 29.0 Å². The van der Waals surface area contributed by atoms with Gasteiger partial charge in [0, 0.05) is 17.8 Å². The number of nitrogens with one attached hydrogen (secondary N) is 1. The van der Waals surface area contributed by atoms with Crippen molar-refractivity contribution in [3.05, 3.63) is 64.7 Å². The summed E-state index contributed by atoms with van der Waals surface area (Å²) in [6.45, 7) is 2.21. The van der Waals surface area contributed by atoms with E-state index in [4.69, 9.17) is 4.74 Å². The van der Waals surface area contributed by atoms with E-state index >= 15 is 4.39 Å². The minimum Gasteiger partial charge on any atom is -0.493 e. The Kier molecular flexibility index (Phi) is 5.41. The number of benzene rings is 1. The Bertz CT molecular complexity index is 1180. The molecule has 2 aliphatic heterocycles. The van der Waals surface area contributed by atoms with E-state index in [0.717, 1.165) is 37.0 Å². The summed E-state index contributed by atoms with van der Waals surface area (Å²) in [5.41, 5.74) is 2.27. The number of fused-ring (bicyclic) bond motifs is 2. The third-order valence-electron chi connectivity index (χ3n) is 6.69. The number of piperidine rings is 1. The summed E-state index contributed by atoms with van der Waals surface area (Å²) in [6.07, 6.45) is 6.45. The quantitative estimate of drug-likeness (QED) is 0.315. The lowest BCUT2D eigenvalue weighted by Crippen LogP contribution is -2.37. The molecule has 0 radical (unpaired) electrons. The Hall–Kier alpha value is -2.87. The molecule has 1 aromatic carbocycles. The average molecular weight is 445 g/mol. The van der Waals surface area contributed by atoms with Crippen molar-refractivity contribution in [2.75, 3.05) is 20.2 Å². The molecule has 3 aromatic rings. The smallest absolute Gasteiger partial charge is 0.194 e. The van der Waals surface area contributed by atoms with Crippen LogP contribution in [0.15, 0.2) is 30.5 Å². The molecule has 2 unspecified atom stereocenters. The minimum atomic E-state index is -1.62. The van der Waals surface area contributed by atoms with Gasteiger partial charge in [-0.15, -0.1) is 0 Å². The van der Waals surface area contributed by atoms with Gasteiger partial charge in [0.25, 0.3) is 0 Å². The van der Waals surface area contributed by atoms with E-state index in [9.17, 15) is 13.2 Å². The number of rotatable bonds is 4. The highest BCUT2D eigenvalue weighted by atomic mass is 19.2. The normalized spacial score (nSPS) is 22.2. The first kappa shape index (κ1) is 21.0. The molecular weight excluding hydrogens is 422 g/mol. The van der Waals surface area contributed by atoms with Crippen molar-refractivity contribution in [1.82, 2.24) is 14.9 Å². The van der Waals surface area contributed by atoms with Gasteiger partial charge in [-0.3, -0.25) is 0 Å². The second-order valence-electron chi connectivity index (χ2n) is 8.49. The SMILES string of the molecule is COC(=C(F)c1ccc2[nH]cc(C3CCN4CCCC4C3)c2n1)c1cc(F)c(F)c(F)c1. The van der Waals surface area contributed by atoms with Crippen molar-refractivity contribution >= 4 is 22.6 Å². The number of aromatic nitrogens is 2. The maximum atomic E-state index is 15.4. The zero-order valence-corrected chi connectivity index (χ0v) is 17.6. The van der Waals surface area contributed by atoms with Crippen LogP contribution in [0.5, 0.6) is 0 Å². The van der Waals surface area contributed by atoms with Gasteiger partial charge in [-0.05, 0) is 74.5 Å². The first-order chi connectivity index (χ1) is 15.5. The van der Waals surface area contributed by atoms with Crippen LogP contribution in [0.1, 0.15) is 48.4 Å². The van der Waals surface area contributed by atoms with E-state index < -0.39 is 29.0 Å². The van der Waals surface area contributed by atoms with Gasteiger partial charge in [0.1, 0.15) is 5.69 Å². The third-order valence-corrected chi connectivity index (χ3v) is 6.69. The Morgan fingerprint density at radius 1 is 1.12 bits per heavy atom. The van der Waals surface area contributed by atoms with Gasteiger partial charge in [-0.2, -0.15) is 0 Å². The van der Waals surface area contributed by atoms with Crippen LogP contribution in [0.25, 0.3) is 22.6 Å². The number of halogens is 4. The van der Waals surface area contributed by atoms with Crippen LogP contribution in [0.2, 0.25) is 0 Å². The monoisotopic (exact) mass is 445 g/mol. The number of methoxy groups -OCH3 is 1. The lowest BCUT2D eigenvalue weighted by Gasteiger charge is -2.34. The van der Waals surface area contributed by atoms with Crippen LogP contribution < -0.4 is 0 Å². The van der Waals surface area contributed by atoms with Gasteiger partial charge in [-0.25, -0.2) is 22.5 Å². The molecule has 0 saturated carbocycles. The van der Waals surface area contributed by atoms with Crippen LogP contribution in [0.3, 0.4) is 0 Å². The molecule has 0 aliphatic carbocycles. The number of nitrogens with zero attached hydrogens (tertiary/aromatic N) is 2. The molecule has 0 bridgehead atoms. The molecule has 8 heteroatoms. The van der Waals surface area contributed by atoms with E-state index in [0.29, 0.717) is 29.6 Å². The summed E-state index contributed by atoms with van der Waals surface area (Å²) in [5.74, 6) is -5.41. The Balaban J connectivity index is 1.53. The summed E-state index contributed by atoms with van der Waals surface area (Å²) < 4.78 is 61.1. The third kappa shape index (κ3) is 3.56. The summed E-state index contributed by atoms with van der Waals surface area (Å²) in [4.78, 5) is 10.3. The van der Waals surface area contributed by atoms with E-state index in [1.807, 2.05) is 6.20 Å². The molecule has 5 rings (SSSR count). The fourth-order valence-electron chi connectivity index (χ4n) is 5.10. The highest BCUT2D eigenvalue weighted by Gasteiger charge is 2.33. The van der Waals surface area contributed by atoms with Crippen molar-refractivity contribution in [1.29, 1.82) is 0 Å². The molecule has 168 valence electrons. The lowest BCUT2D eigenvalue weighted by atomic mass is 9.86. The summed E-state index contributed by atoms with van der Waals surface area (Å²) in [5, 5.41) is 0. The summed E-state index contributed by atoms with van der Waals surface area (Å²) in [6, 6.07) is 5.19.